The first kappa shape index (κ1) is 22.9. The Morgan fingerprint density at radius 2 is 1.71 bits per heavy atom. The van der Waals surface area contributed by atoms with Gasteiger partial charge in [-0.3, -0.25) is 9.59 Å². The minimum absolute atomic E-state index is 0.100. The fraction of sp³-hybridized carbons (Fsp3) is 0.130. The number of anilines is 2. The van der Waals surface area contributed by atoms with Crippen molar-refractivity contribution in [3.8, 4) is 11.3 Å². The van der Waals surface area contributed by atoms with Crippen LogP contribution in [0.2, 0.25) is 15.1 Å². The quantitative estimate of drug-likeness (QED) is 0.351. The van der Waals surface area contributed by atoms with Crippen molar-refractivity contribution in [2.45, 2.75) is 19.8 Å². The van der Waals surface area contributed by atoms with Crippen LogP contribution in [0.3, 0.4) is 0 Å². The van der Waals surface area contributed by atoms with Crippen molar-refractivity contribution in [2.75, 3.05) is 10.6 Å². The van der Waals surface area contributed by atoms with Gasteiger partial charge in [-0.2, -0.15) is 0 Å². The van der Waals surface area contributed by atoms with Crippen LogP contribution in [0.15, 0.2) is 59.0 Å². The lowest BCUT2D eigenvalue weighted by Gasteiger charge is -2.09. The van der Waals surface area contributed by atoms with Crippen LogP contribution in [0, 0.1) is 0 Å². The molecular weight excluding hydrogens is 459 g/mol. The number of nitrogens with one attached hydrogen (secondary N) is 2. The molecule has 8 heteroatoms. The van der Waals surface area contributed by atoms with Crippen molar-refractivity contribution in [1.29, 1.82) is 0 Å². The molecule has 1 aromatic heterocycles. The van der Waals surface area contributed by atoms with Gasteiger partial charge in [-0.1, -0.05) is 41.7 Å². The van der Waals surface area contributed by atoms with Crippen molar-refractivity contribution in [3.63, 3.8) is 0 Å². The Morgan fingerprint density at radius 3 is 2.42 bits per heavy atom. The molecule has 0 saturated heterocycles. The molecule has 0 spiro atoms. The molecular formula is C23H19Cl3N2O3. The fourth-order valence-electron chi connectivity index (χ4n) is 2.78. The largest absolute Gasteiger partial charge is 0.457 e. The highest BCUT2D eigenvalue weighted by atomic mass is 35.5. The molecule has 2 amide bonds. The molecule has 5 nitrogen and oxygen atoms in total. The van der Waals surface area contributed by atoms with E-state index in [0.717, 1.165) is 12.0 Å². The number of rotatable bonds is 7. The van der Waals surface area contributed by atoms with E-state index in [1.165, 1.54) is 12.2 Å². The fourth-order valence-corrected chi connectivity index (χ4v) is 3.47. The minimum Gasteiger partial charge on any atom is -0.457 e. The first-order valence-corrected chi connectivity index (χ1v) is 10.6. The van der Waals surface area contributed by atoms with Crippen LogP contribution in [0.5, 0.6) is 0 Å². The normalized spacial score (nSPS) is 11.0. The van der Waals surface area contributed by atoms with Crippen molar-refractivity contribution in [1.82, 2.24) is 0 Å². The molecule has 31 heavy (non-hydrogen) atoms. The Balaban J connectivity index is 1.67. The van der Waals surface area contributed by atoms with Crippen molar-refractivity contribution in [3.05, 3.63) is 75.4 Å². The molecule has 0 unspecified atom stereocenters. The number of carbonyl (C=O) groups excluding carboxylic acids is 2. The van der Waals surface area contributed by atoms with E-state index < -0.39 is 5.91 Å². The maximum Gasteiger partial charge on any atom is 0.248 e. The van der Waals surface area contributed by atoms with E-state index in [9.17, 15) is 9.59 Å². The van der Waals surface area contributed by atoms with Gasteiger partial charge in [0.1, 0.15) is 11.5 Å². The third-order valence-electron chi connectivity index (χ3n) is 4.16. The monoisotopic (exact) mass is 476 g/mol. The molecule has 0 radical (unpaired) electrons. The van der Waals surface area contributed by atoms with E-state index in [1.54, 1.807) is 48.5 Å². The molecule has 0 aliphatic carbocycles. The second-order valence-corrected chi connectivity index (χ2v) is 7.96. The summed E-state index contributed by atoms with van der Waals surface area (Å²) < 4.78 is 5.73. The van der Waals surface area contributed by atoms with Gasteiger partial charge in [0.25, 0.3) is 0 Å². The Morgan fingerprint density at radius 1 is 0.968 bits per heavy atom. The number of carbonyl (C=O) groups is 2. The van der Waals surface area contributed by atoms with Crippen molar-refractivity contribution >= 4 is 64.1 Å². The molecule has 0 fully saturated rings. The van der Waals surface area contributed by atoms with Gasteiger partial charge >= 0.3 is 0 Å². The zero-order chi connectivity index (χ0) is 22.4. The van der Waals surface area contributed by atoms with Gasteiger partial charge in [-0.05, 0) is 61.0 Å². The van der Waals surface area contributed by atoms with Crippen molar-refractivity contribution in [2.24, 2.45) is 0 Å². The zero-order valence-corrected chi connectivity index (χ0v) is 18.8. The van der Waals surface area contributed by atoms with E-state index >= 15 is 0 Å². The lowest BCUT2D eigenvalue weighted by atomic mass is 10.2. The summed E-state index contributed by atoms with van der Waals surface area (Å²) >= 11 is 18.2. The minimum atomic E-state index is -0.400. The van der Waals surface area contributed by atoms with Gasteiger partial charge in [-0.25, -0.2) is 0 Å². The molecule has 3 aromatic rings. The number of amides is 2. The summed E-state index contributed by atoms with van der Waals surface area (Å²) in [4.78, 5) is 24.1. The molecule has 0 bridgehead atoms. The summed E-state index contributed by atoms with van der Waals surface area (Å²) in [6, 6.07) is 13.5. The Bertz CT molecular complexity index is 1120. The van der Waals surface area contributed by atoms with Crippen LogP contribution >= 0.6 is 34.8 Å². The first-order valence-electron chi connectivity index (χ1n) is 9.49. The van der Waals surface area contributed by atoms with Gasteiger partial charge in [-0.15, -0.1) is 0 Å². The summed E-state index contributed by atoms with van der Waals surface area (Å²) in [5, 5.41) is 6.82. The van der Waals surface area contributed by atoms with E-state index in [4.69, 9.17) is 39.2 Å². The summed E-state index contributed by atoms with van der Waals surface area (Å²) in [6.07, 6.45) is 4.02. The lowest BCUT2D eigenvalue weighted by molar-refractivity contribution is -0.116. The van der Waals surface area contributed by atoms with Crippen LogP contribution in [-0.2, 0) is 9.59 Å². The smallest absolute Gasteiger partial charge is 0.248 e. The Kier molecular flexibility index (Phi) is 7.80. The molecule has 0 aliphatic heterocycles. The molecule has 2 aromatic carbocycles. The van der Waals surface area contributed by atoms with Crippen LogP contribution in [0.4, 0.5) is 11.4 Å². The number of hydrogen-bond donors (Lipinski definition) is 2. The Labute approximate surface area is 195 Å². The third kappa shape index (κ3) is 6.62. The second kappa shape index (κ2) is 10.5. The lowest BCUT2D eigenvalue weighted by Crippen LogP contribution is -2.12. The maximum atomic E-state index is 12.3. The molecule has 0 saturated carbocycles. The predicted molar refractivity (Wildman–Crippen MR) is 127 cm³/mol. The average molecular weight is 478 g/mol. The summed E-state index contributed by atoms with van der Waals surface area (Å²) in [5.74, 6) is 0.551. The van der Waals surface area contributed by atoms with Crippen molar-refractivity contribution < 1.29 is 14.0 Å². The van der Waals surface area contributed by atoms with Crippen LogP contribution in [0.25, 0.3) is 17.4 Å². The van der Waals surface area contributed by atoms with Gasteiger partial charge in [0.15, 0.2) is 0 Å². The maximum absolute atomic E-state index is 12.3. The predicted octanol–water partition coefficient (Wildman–Crippen LogP) is 7.30. The molecule has 0 atom stereocenters. The topological polar surface area (TPSA) is 71.3 Å². The molecule has 1 heterocycles. The summed E-state index contributed by atoms with van der Waals surface area (Å²) in [7, 11) is 0. The summed E-state index contributed by atoms with van der Waals surface area (Å²) in [6.45, 7) is 1.92. The first-order chi connectivity index (χ1) is 14.8. The molecule has 160 valence electrons. The van der Waals surface area contributed by atoms with E-state index in [2.05, 4.69) is 10.6 Å². The molecule has 0 aliphatic rings. The van der Waals surface area contributed by atoms with E-state index in [0.29, 0.717) is 44.4 Å². The highest BCUT2D eigenvalue weighted by Crippen LogP contribution is 2.29. The average Bonchev–Trinajstić information content (AvgIpc) is 3.18. The van der Waals surface area contributed by atoms with Crippen LogP contribution < -0.4 is 10.6 Å². The highest BCUT2D eigenvalue weighted by molar-refractivity contribution is 6.35. The number of hydrogen-bond acceptors (Lipinski definition) is 3. The number of furan rings is 1. The SMILES string of the molecule is CCCC(=O)Nc1ccc(Cl)c(NC(=O)/C=C/c2ccc(-c3cc(Cl)cc(Cl)c3)o2)c1. The summed E-state index contributed by atoms with van der Waals surface area (Å²) in [5.41, 5.74) is 1.67. The van der Waals surface area contributed by atoms with Gasteiger partial charge in [0.2, 0.25) is 11.8 Å². The Hall–Kier alpha value is -2.73. The highest BCUT2D eigenvalue weighted by Gasteiger charge is 2.09. The van der Waals surface area contributed by atoms with Gasteiger partial charge in [0.05, 0.1) is 10.7 Å². The molecule has 3 rings (SSSR count). The molecule has 2 N–H and O–H groups in total. The second-order valence-electron chi connectivity index (χ2n) is 6.68. The van der Waals surface area contributed by atoms with E-state index in [-0.39, 0.29) is 5.91 Å². The standard InChI is InChI=1S/C23H19Cl3N2O3/c1-2-3-22(29)27-17-4-7-19(26)20(13-17)28-23(30)9-6-18-5-8-21(31-18)14-10-15(24)12-16(25)11-14/h4-13H,2-3H2,1H3,(H,27,29)(H,28,30)/b9-6+. The van der Waals surface area contributed by atoms with Gasteiger partial charge in [0, 0.05) is 33.8 Å². The van der Waals surface area contributed by atoms with Gasteiger partial charge < -0.3 is 15.1 Å². The van der Waals surface area contributed by atoms with Crippen LogP contribution in [-0.4, -0.2) is 11.8 Å². The van der Waals surface area contributed by atoms with Crippen LogP contribution in [0.1, 0.15) is 25.5 Å². The third-order valence-corrected chi connectivity index (χ3v) is 4.92. The number of halogens is 3. The number of benzene rings is 2. The zero-order valence-electron chi connectivity index (χ0n) is 16.5. The van der Waals surface area contributed by atoms with E-state index in [1.807, 2.05) is 6.92 Å².